The quantitative estimate of drug-likeness (QED) is 0.632. The summed E-state index contributed by atoms with van der Waals surface area (Å²) in [5.74, 6) is 2.16. The molecule has 6 nitrogen and oxygen atoms in total. The summed E-state index contributed by atoms with van der Waals surface area (Å²) < 4.78 is 0.872. The van der Waals surface area contributed by atoms with E-state index >= 15 is 0 Å². The zero-order chi connectivity index (χ0) is 13.8. The third-order valence-electron chi connectivity index (χ3n) is 2.30. The van der Waals surface area contributed by atoms with Gasteiger partial charge >= 0.3 is 5.69 Å². The Balaban J connectivity index is 2.52. The van der Waals surface area contributed by atoms with E-state index in [4.69, 9.17) is 12.2 Å². The Labute approximate surface area is 112 Å². The van der Waals surface area contributed by atoms with Gasteiger partial charge in [-0.2, -0.15) is 0 Å². The number of nitrogen functional groups attached to an aromatic ring is 1. The second-order valence-corrected chi connectivity index (χ2v) is 4.54. The van der Waals surface area contributed by atoms with E-state index in [1.165, 1.54) is 17.6 Å². The SMILES string of the molecule is C#CCn1c(=O)[nH]c(N)c(N=Cc2cccs2)c1=O. The molecular weight excluding hydrogens is 264 g/mol. The number of rotatable bonds is 3. The number of aliphatic imine (C=N–C) groups is 1. The van der Waals surface area contributed by atoms with Gasteiger partial charge in [-0.05, 0) is 11.4 Å². The number of thiophene rings is 1. The van der Waals surface area contributed by atoms with Crippen molar-refractivity contribution in [3.63, 3.8) is 0 Å². The van der Waals surface area contributed by atoms with Crippen LogP contribution in [-0.4, -0.2) is 15.8 Å². The summed E-state index contributed by atoms with van der Waals surface area (Å²) >= 11 is 1.47. The van der Waals surface area contributed by atoms with Crippen molar-refractivity contribution >= 4 is 29.1 Å². The highest BCUT2D eigenvalue weighted by Crippen LogP contribution is 2.12. The summed E-state index contributed by atoms with van der Waals surface area (Å²) in [6.07, 6.45) is 6.62. The highest BCUT2D eigenvalue weighted by atomic mass is 32.1. The summed E-state index contributed by atoms with van der Waals surface area (Å²) in [7, 11) is 0. The summed E-state index contributed by atoms with van der Waals surface area (Å²) in [6.45, 7) is -0.129. The molecule has 0 aliphatic carbocycles. The molecule has 7 heteroatoms. The number of terminal acetylenes is 1. The maximum Gasteiger partial charge on any atom is 0.330 e. The number of hydrogen-bond donors (Lipinski definition) is 2. The molecular formula is C12H10N4O2S. The molecule has 0 saturated carbocycles. The van der Waals surface area contributed by atoms with Crippen molar-refractivity contribution in [3.8, 4) is 12.3 Å². The lowest BCUT2D eigenvalue weighted by Crippen LogP contribution is -2.35. The lowest BCUT2D eigenvalue weighted by atomic mass is 10.4. The number of nitrogens with one attached hydrogen (secondary N) is 1. The van der Waals surface area contributed by atoms with E-state index in [1.54, 1.807) is 0 Å². The van der Waals surface area contributed by atoms with Crippen LogP contribution in [0.5, 0.6) is 0 Å². The van der Waals surface area contributed by atoms with Gasteiger partial charge in [0.15, 0.2) is 5.69 Å². The van der Waals surface area contributed by atoms with Crippen molar-refractivity contribution in [2.24, 2.45) is 4.99 Å². The zero-order valence-corrected chi connectivity index (χ0v) is 10.6. The first kappa shape index (κ1) is 12.9. The van der Waals surface area contributed by atoms with E-state index in [0.29, 0.717) is 0 Å². The van der Waals surface area contributed by atoms with Crippen LogP contribution in [0.25, 0.3) is 0 Å². The molecule has 0 aliphatic rings. The van der Waals surface area contributed by atoms with Crippen molar-refractivity contribution < 1.29 is 0 Å². The first-order valence-electron chi connectivity index (χ1n) is 5.27. The number of aromatic nitrogens is 2. The van der Waals surface area contributed by atoms with Gasteiger partial charge in [0.1, 0.15) is 5.82 Å². The lowest BCUT2D eigenvalue weighted by molar-refractivity contribution is 0.731. The van der Waals surface area contributed by atoms with Crippen LogP contribution >= 0.6 is 11.3 Å². The van der Waals surface area contributed by atoms with E-state index < -0.39 is 11.2 Å². The van der Waals surface area contributed by atoms with E-state index in [0.717, 1.165) is 9.44 Å². The molecule has 0 saturated heterocycles. The van der Waals surface area contributed by atoms with E-state index in [9.17, 15) is 9.59 Å². The Kier molecular flexibility index (Phi) is 3.63. The first-order valence-corrected chi connectivity index (χ1v) is 6.15. The van der Waals surface area contributed by atoms with Gasteiger partial charge < -0.3 is 5.73 Å². The molecule has 3 N–H and O–H groups in total. The molecule has 0 unspecified atom stereocenters. The second kappa shape index (κ2) is 5.37. The van der Waals surface area contributed by atoms with Gasteiger partial charge in [-0.25, -0.2) is 14.4 Å². The van der Waals surface area contributed by atoms with Crippen LogP contribution in [0.3, 0.4) is 0 Å². The molecule has 0 amide bonds. The molecule has 0 spiro atoms. The first-order chi connectivity index (χ1) is 9.13. The van der Waals surface area contributed by atoms with Gasteiger partial charge in [-0.15, -0.1) is 17.8 Å². The minimum absolute atomic E-state index is 0.0248. The highest BCUT2D eigenvalue weighted by Gasteiger charge is 2.10. The molecule has 2 rings (SSSR count). The van der Waals surface area contributed by atoms with Crippen molar-refractivity contribution in [1.29, 1.82) is 0 Å². The molecule has 0 aromatic carbocycles. The topological polar surface area (TPSA) is 93.2 Å². The summed E-state index contributed by atoms with van der Waals surface area (Å²) in [4.78, 5) is 30.8. The minimum atomic E-state index is -0.643. The molecule has 0 fully saturated rings. The zero-order valence-electron chi connectivity index (χ0n) is 9.79. The van der Waals surface area contributed by atoms with Crippen LogP contribution in [0.2, 0.25) is 0 Å². The fourth-order valence-electron chi connectivity index (χ4n) is 1.43. The van der Waals surface area contributed by atoms with Gasteiger partial charge in [0.2, 0.25) is 0 Å². The normalized spacial score (nSPS) is 10.7. The Morgan fingerprint density at radius 1 is 1.58 bits per heavy atom. The molecule has 0 atom stereocenters. The molecule has 19 heavy (non-hydrogen) atoms. The largest absolute Gasteiger partial charge is 0.383 e. The molecule has 0 aliphatic heterocycles. The maximum absolute atomic E-state index is 12.0. The Morgan fingerprint density at radius 2 is 2.37 bits per heavy atom. The predicted molar refractivity (Wildman–Crippen MR) is 76.1 cm³/mol. The smallest absolute Gasteiger partial charge is 0.330 e. The molecule has 2 aromatic rings. The van der Waals surface area contributed by atoms with Crippen LogP contribution in [0.1, 0.15) is 4.88 Å². The minimum Gasteiger partial charge on any atom is -0.383 e. The van der Waals surface area contributed by atoms with Crippen LogP contribution in [0, 0.1) is 12.3 Å². The summed E-state index contributed by atoms with van der Waals surface area (Å²) in [5, 5.41) is 1.88. The van der Waals surface area contributed by atoms with Crippen LogP contribution in [0.4, 0.5) is 11.5 Å². The van der Waals surface area contributed by atoms with Crippen molar-refractivity contribution in [2.75, 3.05) is 5.73 Å². The molecule has 0 bridgehead atoms. The number of nitrogens with zero attached hydrogens (tertiary/aromatic N) is 2. The number of anilines is 1. The second-order valence-electron chi connectivity index (χ2n) is 3.56. The van der Waals surface area contributed by atoms with E-state index in [2.05, 4.69) is 15.9 Å². The van der Waals surface area contributed by atoms with Crippen molar-refractivity contribution in [1.82, 2.24) is 9.55 Å². The summed E-state index contributed by atoms with van der Waals surface area (Å²) in [5.41, 5.74) is 4.32. The van der Waals surface area contributed by atoms with Gasteiger partial charge in [-0.1, -0.05) is 12.0 Å². The lowest BCUT2D eigenvalue weighted by Gasteiger charge is -2.03. The monoisotopic (exact) mass is 274 g/mol. The van der Waals surface area contributed by atoms with Gasteiger partial charge in [0.05, 0.1) is 6.54 Å². The van der Waals surface area contributed by atoms with E-state index in [-0.39, 0.29) is 18.1 Å². The third kappa shape index (κ3) is 2.64. The molecule has 2 aromatic heterocycles. The van der Waals surface area contributed by atoms with Crippen molar-refractivity contribution in [2.45, 2.75) is 6.54 Å². The molecule has 2 heterocycles. The average molecular weight is 274 g/mol. The van der Waals surface area contributed by atoms with Crippen molar-refractivity contribution in [3.05, 3.63) is 43.2 Å². The van der Waals surface area contributed by atoms with E-state index in [1.807, 2.05) is 17.5 Å². The Hall–Kier alpha value is -2.59. The third-order valence-corrected chi connectivity index (χ3v) is 3.11. The molecule has 96 valence electrons. The fraction of sp³-hybridized carbons (Fsp3) is 0.0833. The van der Waals surface area contributed by atoms with Gasteiger partial charge in [0.25, 0.3) is 5.56 Å². The van der Waals surface area contributed by atoms with Gasteiger partial charge in [0, 0.05) is 11.1 Å². The average Bonchev–Trinajstić information content (AvgIpc) is 2.87. The van der Waals surface area contributed by atoms with Crippen LogP contribution in [0.15, 0.2) is 32.1 Å². The summed E-state index contributed by atoms with van der Waals surface area (Å²) in [6, 6.07) is 3.70. The van der Waals surface area contributed by atoms with Gasteiger partial charge in [-0.3, -0.25) is 9.78 Å². The fourth-order valence-corrected chi connectivity index (χ4v) is 2.01. The van der Waals surface area contributed by atoms with Crippen LogP contribution in [-0.2, 0) is 6.54 Å². The number of nitrogens with two attached hydrogens (primary N) is 1. The Bertz CT molecular complexity index is 763. The Morgan fingerprint density at radius 3 is 3.00 bits per heavy atom. The maximum atomic E-state index is 12.0. The van der Waals surface area contributed by atoms with Crippen LogP contribution < -0.4 is 17.0 Å². The number of hydrogen-bond acceptors (Lipinski definition) is 5. The highest BCUT2D eigenvalue weighted by molar-refractivity contribution is 7.11. The molecule has 0 radical (unpaired) electrons. The number of H-pyrrole nitrogens is 1. The number of aromatic amines is 1. The standard InChI is InChI=1S/C12H10N4O2S/c1-2-5-16-11(17)9(10(13)15-12(16)18)14-7-8-4-3-6-19-8/h1,3-4,6-7H,5,13H2,(H,15,18). The predicted octanol–water partition coefficient (Wildman–Crippen LogP) is 0.564.